The minimum Gasteiger partial charge on any atom is -0.741 e. The Kier molecular flexibility index (Phi) is 12.8. The molecular weight excluding hydrogens is 576 g/mol. The molecule has 157 valence electrons. The van der Waals surface area contributed by atoms with Crippen molar-refractivity contribution in [2.24, 2.45) is 20.4 Å². The zero-order chi connectivity index (χ0) is 20.4. The number of halogens is 4. The second kappa shape index (κ2) is 13.2. The molecule has 0 amide bonds. The van der Waals surface area contributed by atoms with E-state index in [-0.39, 0.29) is 27.4 Å². The molecule has 0 aliphatic rings. The van der Waals surface area contributed by atoms with Crippen LogP contribution in [0.2, 0.25) is 0 Å². The molecule has 0 unspecified atom stereocenters. The zero-order valence-electron chi connectivity index (χ0n) is 14.6. The van der Waals surface area contributed by atoms with E-state index in [9.17, 15) is 13.2 Å². The molecule has 0 aliphatic heterocycles. The third kappa shape index (κ3) is 11.1. The van der Waals surface area contributed by atoms with Gasteiger partial charge in [0.2, 0.25) is 0 Å². The molecule has 0 aromatic heterocycles. The maximum absolute atomic E-state index is 12.2. The molecule has 0 bridgehead atoms. The van der Waals surface area contributed by atoms with Crippen molar-refractivity contribution in [3.05, 3.63) is 33.4 Å². The molecule has 0 saturated carbocycles. The SMILES string of the molecule is CCNC([S-])=NN=C(C)C(=NN=C([S-])NCC(F)(F)F)c1ccc(I)cc1.[Cu+2]. The number of hydrogen-bond donors (Lipinski definition) is 2. The van der Waals surface area contributed by atoms with Gasteiger partial charge in [-0.2, -0.15) is 28.5 Å². The van der Waals surface area contributed by atoms with Gasteiger partial charge >= 0.3 is 23.2 Å². The standard InChI is InChI=1S/C15H18F3IN6S2.Cu/c1-3-20-13(26)24-22-9(2)12(10-4-6-11(19)7-5-10)23-25-14(27)21-8-15(16,17)18;/h4-7H,3,8H2,1-2H3,(H2,20,24,26)(H2,21,25,27);/q;+2/p-2. The Morgan fingerprint density at radius 1 is 1.00 bits per heavy atom. The Morgan fingerprint density at radius 3 is 2.07 bits per heavy atom. The molecule has 0 fully saturated rings. The Bertz CT molecular complexity index is 751. The number of nitrogens with zero attached hydrogens (tertiary/aromatic N) is 4. The minimum atomic E-state index is -4.40. The van der Waals surface area contributed by atoms with E-state index in [0.29, 0.717) is 23.5 Å². The zero-order valence-corrected chi connectivity index (χ0v) is 19.4. The molecule has 6 nitrogen and oxygen atoms in total. The summed E-state index contributed by atoms with van der Waals surface area (Å²) in [7, 11) is 0. The smallest absolute Gasteiger partial charge is 0.741 e. The quantitative estimate of drug-likeness (QED) is 0.133. The van der Waals surface area contributed by atoms with Gasteiger partial charge < -0.3 is 35.9 Å². The van der Waals surface area contributed by atoms with Crippen molar-refractivity contribution in [2.75, 3.05) is 13.1 Å². The topological polar surface area (TPSA) is 73.5 Å². The normalized spacial score (nSPS) is 13.8. The van der Waals surface area contributed by atoms with E-state index < -0.39 is 12.7 Å². The van der Waals surface area contributed by atoms with E-state index in [0.717, 1.165) is 3.57 Å². The predicted molar refractivity (Wildman–Crippen MR) is 116 cm³/mol. The van der Waals surface area contributed by atoms with Crippen molar-refractivity contribution in [3.63, 3.8) is 0 Å². The van der Waals surface area contributed by atoms with Gasteiger partial charge in [-0.3, -0.25) is 0 Å². The summed E-state index contributed by atoms with van der Waals surface area (Å²) in [6.07, 6.45) is -4.40. The molecule has 28 heavy (non-hydrogen) atoms. The largest absolute Gasteiger partial charge is 2.00 e. The molecule has 1 aromatic rings. The third-order valence-electron chi connectivity index (χ3n) is 2.76. The van der Waals surface area contributed by atoms with Gasteiger partial charge in [-0.05, 0) is 58.9 Å². The van der Waals surface area contributed by atoms with Crippen molar-refractivity contribution in [1.29, 1.82) is 0 Å². The molecule has 0 heterocycles. The van der Waals surface area contributed by atoms with Crippen molar-refractivity contribution < 1.29 is 30.2 Å². The number of hydrogen-bond acceptors (Lipinski definition) is 6. The third-order valence-corrected chi connectivity index (χ3v) is 3.93. The van der Waals surface area contributed by atoms with E-state index in [4.69, 9.17) is 25.3 Å². The van der Waals surface area contributed by atoms with Crippen LogP contribution in [0.4, 0.5) is 13.2 Å². The van der Waals surface area contributed by atoms with Crippen LogP contribution in [0, 0.1) is 3.57 Å². The first-order valence-electron chi connectivity index (χ1n) is 7.55. The average Bonchev–Trinajstić information content (AvgIpc) is 2.59. The Labute approximate surface area is 196 Å². The molecule has 1 radical (unpaired) electrons. The molecule has 1 rings (SSSR count). The Balaban J connectivity index is 0.00000729. The summed E-state index contributed by atoms with van der Waals surface area (Å²) in [6, 6.07) is 7.26. The van der Waals surface area contributed by atoms with Crippen LogP contribution in [0.5, 0.6) is 0 Å². The van der Waals surface area contributed by atoms with Crippen LogP contribution in [0.25, 0.3) is 0 Å². The van der Waals surface area contributed by atoms with Crippen molar-refractivity contribution in [2.45, 2.75) is 20.0 Å². The van der Waals surface area contributed by atoms with Crippen molar-refractivity contribution in [1.82, 2.24) is 10.6 Å². The van der Waals surface area contributed by atoms with Crippen LogP contribution in [0.3, 0.4) is 0 Å². The number of rotatable bonds is 6. The predicted octanol–water partition coefficient (Wildman–Crippen LogP) is 2.94. The van der Waals surface area contributed by atoms with Crippen LogP contribution in [0.15, 0.2) is 44.7 Å². The van der Waals surface area contributed by atoms with Gasteiger partial charge in [-0.25, -0.2) is 0 Å². The van der Waals surface area contributed by atoms with Crippen LogP contribution >= 0.6 is 22.6 Å². The van der Waals surface area contributed by atoms with Crippen LogP contribution < -0.4 is 10.6 Å². The maximum atomic E-state index is 12.2. The average molecular weight is 592 g/mol. The van der Waals surface area contributed by atoms with Gasteiger partial charge in [0.25, 0.3) is 0 Å². The van der Waals surface area contributed by atoms with Crippen LogP contribution in [-0.4, -0.2) is 41.0 Å². The fourth-order valence-corrected chi connectivity index (χ4v) is 2.27. The molecule has 0 aliphatic carbocycles. The summed E-state index contributed by atoms with van der Waals surface area (Å²) in [5.74, 6) is 0. The van der Waals surface area contributed by atoms with E-state index in [1.54, 1.807) is 19.1 Å². The second-order valence-corrected chi connectivity index (χ2v) is 6.97. The molecule has 13 heteroatoms. The number of alkyl halides is 3. The van der Waals surface area contributed by atoms with Gasteiger partial charge in [-0.1, -0.05) is 12.1 Å². The molecule has 2 N–H and O–H groups in total. The van der Waals surface area contributed by atoms with E-state index in [2.05, 4.69) is 48.3 Å². The minimum absolute atomic E-state index is 0. The first kappa shape index (κ1) is 27.0. The second-order valence-electron chi connectivity index (χ2n) is 4.95. The van der Waals surface area contributed by atoms with Gasteiger partial charge in [0.1, 0.15) is 12.3 Å². The number of nitrogens with one attached hydrogen (secondary N) is 2. The summed E-state index contributed by atoms with van der Waals surface area (Å²) in [5, 5.41) is 20.1. The summed E-state index contributed by atoms with van der Waals surface area (Å²) in [5.41, 5.74) is 1.34. The van der Waals surface area contributed by atoms with Gasteiger partial charge in [0.15, 0.2) is 0 Å². The first-order valence-corrected chi connectivity index (χ1v) is 9.44. The molecule has 1 aromatic carbocycles. The Morgan fingerprint density at radius 2 is 1.54 bits per heavy atom. The molecule has 0 saturated heterocycles. The van der Waals surface area contributed by atoms with E-state index in [1.807, 2.05) is 24.4 Å². The number of benzene rings is 1. The van der Waals surface area contributed by atoms with Gasteiger partial charge in [0.05, 0.1) is 5.71 Å². The summed E-state index contributed by atoms with van der Waals surface area (Å²) in [6.45, 7) is 2.81. The fraction of sp³-hybridized carbons (Fsp3) is 0.333. The van der Waals surface area contributed by atoms with E-state index in [1.165, 1.54) is 0 Å². The van der Waals surface area contributed by atoms with Crippen molar-refractivity contribution >= 4 is 69.6 Å². The fourth-order valence-electron chi connectivity index (χ4n) is 1.61. The summed E-state index contributed by atoms with van der Waals surface area (Å²) in [4.78, 5) is 0. The molecule has 0 atom stereocenters. The molecular formula is C15H16CuF3IN6S2. The Hall–Kier alpha value is -1.02. The summed E-state index contributed by atoms with van der Waals surface area (Å²) >= 11 is 11.9. The van der Waals surface area contributed by atoms with Gasteiger partial charge in [-0.15, -0.1) is 5.10 Å². The summed E-state index contributed by atoms with van der Waals surface area (Å²) < 4.78 is 37.7. The molecule has 0 spiro atoms. The van der Waals surface area contributed by atoms with Crippen LogP contribution in [0.1, 0.15) is 19.4 Å². The monoisotopic (exact) mass is 591 g/mol. The van der Waals surface area contributed by atoms with Crippen molar-refractivity contribution in [3.8, 4) is 0 Å². The van der Waals surface area contributed by atoms with E-state index >= 15 is 0 Å². The number of amidine groups is 2. The first-order chi connectivity index (χ1) is 12.6. The maximum Gasteiger partial charge on any atom is 2.00 e. The van der Waals surface area contributed by atoms with Gasteiger partial charge in [0, 0.05) is 15.7 Å². The van der Waals surface area contributed by atoms with Crippen LogP contribution in [-0.2, 0) is 42.3 Å².